The molecular weight excluding hydrogens is 304 g/mol. The lowest BCUT2D eigenvalue weighted by Gasteiger charge is -2.57. The topological polar surface area (TPSA) is 9.23 Å². The predicted molar refractivity (Wildman–Crippen MR) is 102 cm³/mol. The van der Waals surface area contributed by atoms with E-state index in [-0.39, 0.29) is 5.60 Å². The molecule has 4 fully saturated rings. The third-order valence-electron chi connectivity index (χ3n) is 6.86. The van der Waals surface area contributed by atoms with Crippen molar-refractivity contribution in [3.63, 3.8) is 0 Å². The van der Waals surface area contributed by atoms with Gasteiger partial charge in [-0.2, -0.15) is 0 Å². The molecule has 0 saturated heterocycles. The second-order valence-electron chi connectivity index (χ2n) is 8.29. The Balaban J connectivity index is 1.69. The smallest absolute Gasteiger partial charge is 0.0692 e. The van der Waals surface area contributed by atoms with Crippen molar-refractivity contribution in [2.24, 2.45) is 17.8 Å². The van der Waals surface area contributed by atoms with Gasteiger partial charge in [0.15, 0.2) is 0 Å². The van der Waals surface area contributed by atoms with Crippen LogP contribution >= 0.6 is 0 Å². The van der Waals surface area contributed by atoms with Crippen LogP contribution in [-0.2, 0) is 4.74 Å². The molecule has 1 nitrogen and oxygen atoms in total. The zero-order valence-corrected chi connectivity index (χ0v) is 14.9. The molecule has 0 N–H and O–H groups in total. The zero-order valence-electron chi connectivity index (χ0n) is 14.9. The van der Waals surface area contributed by atoms with Gasteiger partial charge in [0.05, 0.1) is 5.60 Å². The summed E-state index contributed by atoms with van der Waals surface area (Å²) in [6.45, 7) is 0. The van der Waals surface area contributed by atoms with Crippen LogP contribution in [0.4, 0.5) is 0 Å². The number of hydrogen-bond acceptors (Lipinski definition) is 1. The Bertz CT molecular complexity index is 730. The number of ether oxygens (including phenoxy) is 1. The van der Waals surface area contributed by atoms with E-state index in [2.05, 4.69) is 60.7 Å². The molecule has 2 unspecified atom stereocenters. The Kier molecular flexibility index (Phi) is 3.60. The van der Waals surface area contributed by atoms with Gasteiger partial charge in [0, 0.05) is 7.11 Å². The first-order valence-electron chi connectivity index (χ1n) is 9.68. The maximum Gasteiger partial charge on any atom is 0.0692 e. The molecular formula is C24H26O. The summed E-state index contributed by atoms with van der Waals surface area (Å²) in [5.41, 5.74) is 6.14. The van der Waals surface area contributed by atoms with Crippen LogP contribution in [0, 0.1) is 17.8 Å². The fraction of sp³-hybridized carbons (Fsp3) is 0.417. The quantitative estimate of drug-likeness (QED) is 0.700. The molecule has 2 aromatic carbocycles. The Morgan fingerprint density at radius 3 is 1.80 bits per heavy atom. The molecule has 4 saturated carbocycles. The van der Waals surface area contributed by atoms with E-state index >= 15 is 0 Å². The Hall–Kier alpha value is -1.86. The van der Waals surface area contributed by atoms with Gasteiger partial charge < -0.3 is 4.74 Å². The molecule has 0 amide bonds. The van der Waals surface area contributed by atoms with E-state index in [4.69, 9.17) is 4.74 Å². The molecule has 0 aliphatic heterocycles. The highest BCUT2D eigenvalue weighted by atomic mass is 16.5. The minimum absolute atomic E-state index is 0.165. The van der Waals surface area contributed by atoms with Crippen molar-refractivity contribution in [3.8, 4) is 0 Å². The van der Waals surface area contributed by atoms with Crippen molar-refractivity contribution in [3.05, 3.63) is 77.4 Å². The number of allylic oxidation sites excluding steroid dienone is 1. The highest BCUT2D eigenvalue weighted by Gasteiger charge is 2.54. The molecule has 4 bridgehead atoms. The summed E-state index contributed by atoms with van der Waals surface area (Å²) < 4.78 is 6.07. The number of rotatable bonds is 3. The lowest BCUT2D eigenvalue weighted by Crippen LogP contribution is -2.52. The fourth-order valence-corrected chi connectivity index (χ4v) is 6.08. The summed E-state index contributed by atoms with van der Waals surface area (Å²) >= 11 is 0. The summed E-state index contributed by atoms with van der Waals surface area (Å²) in [4.78, 5) is 0. The first kappa shape index (κ1) is 15.4. The summed E-state index contributed by atoms with van der Waals surface area (Å²) in [5, 5.41) is 0. The van der Waals surface area contributed by atoms with Crippen LogP contribution in [0.15, 0.2) is 66.2 Å². The van der Waals surface area contributed by atoms with Crippen LogP contribution in [0.25, 0.3) is 5.57 Å². The van der Waals surface area contributed by atoms with E-state index in [0.717, 1.165) is 5.92 Å². The Labute approximate surface area is 150 Å². The van der Waals surface area contributed by atoms with Crippen molar-refractivity contribution >= 4 is 5.57 Å². The molecule has 25 heavy (non-hydrogen) atoms. The molecule has 0 aromatic heterocycles. The summed E-state index contributed by atoms with van der Waals surface area (Å²) in [6.07, 6.45) is 6.44. The third kappa shape index (κ3) is 2.48. The van der Waals surface area contributed by atoms with Gasteiger partial charge in [0.2, 0.25) is 0 Å². The van der Waals surface area contributed by atoms with Crippen LogP contribution in [0.3, 0.4) is 0 Å². The highest BCUT2D eigenvalue weighted by Crippen LogP contribution is 2.61. The molecule has 2 aromatic rings. The maximum atomic E-state index is 6.07. The molecule has 0 radical (unpaired) electrons. The first-order valence-corrected chi connectivity index (χ1v) is 9.68. The van der Waals surface area contributed by atoms with Gasteiger partial charge in [0.1, 0.15) is 0 Å². The van der Waals surface area contributed by atoms with Gasteiger partial charge in [-0.15, -0.1) is 0 Å². The average Bonchev–Trinajstić information content (AvgIpc) is 2.65. The second kappa shape index (κ2) is 5.85. The third-order valence-corrected chi connectivity index (χ3v) is 6.86. The number of methoxy groups -OCH3 is 1. The van der Waals surface area contributed by atoms with E-state index in [1.54, 1.807) is 5.57 Å². The van der Waals surface area contributed by atoms with Crippen molar-refractivity contribution < 1.29 is 4.74 Å². The molecule has 2 atom stereocenters. The lowest BCUT2D eigenvalue weighted by molar-refractivity contribution is -0.124. The Morgan fingerprint density at radius 1 is 0.800 bits per heavy atom. The molecule has 4 aliphatic rings. The predicted octanol–water partition coefficient (Wildman–Crippen LogP) is 5.71. The monoisotopic (exact) mass is 330 g/mol. The van der Waals surface area contributed by atoms with Gasteiger partial charge in [-0.25, -0.2) is 0 Å². The van der Waals surface area contributed by atoms with Gasteiger partial charge in [-0.05, 0) is 66.6 Å². The van der Waals surface area contributed by atoms with E-state index in [1.165, 1.54) is 48.8 Å². The average molecular weight is 330 g/mol. The zero-order chi connectivity index (χ0) is 16.9. The molecule has 0 spiro atoms. The van der Waals surface area contributed by atoms with E-state index in [0.29, 0.717) is 11.8 Å². The van der Waals surface area contributed by atoms with Crippen molar-refractivity contribution in [2.75, 3.05) is 7.11 Å². The van der Waals surface area contributed by atoms with Crippen LogP contribution in [-0.4, -0.2) is 12.7 Å². The van der Waals surface area contributed by atoms with Crippen LogP contribution in [0.1, 0.15) is 43.2 Å². The summed E-state index contributed by atoms with van der Waals surface area (Å²) in [6, 6.07) is 22.1. The van der Waals surface area contributed by atoms with Crippen molar-refractivity contribution in [2.45, 2.75) is 37.7 Å². The summed E-state index contributed by atoms with van der Waals surface area (Å²) in [7, 11) is 1.94. The van der Waals surface area contributed by atoms with Gasteiger partial charge in [-0.3, -0.25) is 0 Å². The van der Waals surface area contributed by atoms with E-state index < -0.39 is 0 Å². The number of benzene rings is 2. The van der Waals surface area contributed by atoms with Crippen LogP contribution < -0.4 is 0 Å². The van der Waals surface area contributed by atoms with Gasteiger partial charge in [0.25, 0.3) is 0 Å². The Morgan fingerprint density at radius 2 is 1.32 bits per heavy atom. The first-order chi connectivity index (χ1) is 12.3. The number of hydrogen-bond donors (Lipinski definition) is 0. The van der Waals surface area contributed by atoms with Gasteiger partial charge >= 0.3 is 0 Å². The molecule has 128 valence electrons. The van der Waals surface area contributed by atoms with Crippen LogP contribution in [0.5, 0.6) is 0 Å². The van der Waals surface area contributed by atoms with Crippen LogP contribution in [0.2, 0.25) is 0 Å². The minimum atomic E-state index is 0.165. The second-order valence-corrected chi connectivity index (χ2v) is 8.29. The normalized spacial score (nSPS) is 32.8. The SMILES string of the molecule is COC12CC3CC(C1)C(=C(c1ccccc1)c1ccccc1)C(C3)C2. The van der Waals surface area contributed by atoms with E-state index in [1.807, 2.05) is 7.11 Å². The maximum absolute atomic E-state index is 6.07. The molecule has 4 aliphatic carbocycles. The molecule has 1 heteroatoms. The highest BCUT2D eigenvalue weighted by molar-refractivity contribution is 5.83. The summed E-state index contributed by atoms with van der Waals surface area (Å²) in [5.74, 6) is 2.26. The minimum Gasteiger partial charge on any atom is -0.378 e. The standard InChI is InChI=1S/C24H26O/c1-25-24-14-17-12-20(15-24)23(21(13-17)16-24)22(18-8-4-2-5-9-18)19-10-6-3-7-11-19/h2-11,17,20-21H,12-16H2,1H3. The molecule has 0 heterocycles. The fourth-order valence-electron chi connectivity index (χ4n) is 6.08. The van der Waals surface area contributed by atoms with Crippen molar-refractivity contribution in [1.82, 2.24) is 0 Å². The van der Waals surface area contributed by atoms with Gasteiger partial charge in [-0.1, -0.05) is 66.2 Å². The van der Waals surface area contributed by atoms with Crippen molar-refractivity contribution in [1.29, 1.82) is 0 Å². The molecule has 6 rings (SSSR count). The largest absolute Gasteiger partial charge is 0.378 e. The van der Waals surface area contributed by atoms with E-state index in [9.17, 15) is 0 Å². The lowest BCUT2D eigenvalue weighted by atomic mass is 9.51.